The summed E-state index contributed by atoms with van der Waals surface area (Å²) in [6, 6.07) is 9.53. The zero-order chi connectivity index (χ0) is 18.0. The molecule has 0 fully saturated rings. The Labute approximate surface area is 156 Å². The van der Waals surface area contributed by atoms with Crippen LogP contribution >= 0.6 is 34.7 Å². The molecule has 0 bridgehead atoms. The monoisotopic (exact) mass is 390 g/mol. The van der Waals surface area contributed by atoms with Crippen LogP contribution in [0.3, 0.4) is 0 Å². The van der Waals surface area contributed by atoms with Crippen molar-refractivity contribution in [1.29, 1.82) is 5.26 Å². The Balaban J connectivity index is 1.79. The lowest BCUT2D eigenvalue weighted by Gasteiger charge is -1.98. The second kappa shape index (κ2) is 7.27. The highest BCUT2D eigenvalue weighted by molar-refractivity contribution is 7.99. The van der Waals surface area contributed by atoms with Gasteiger partial charge in [-0.25, -0.2) is 0 Å². The highest BCUT2D eigenvalue weighted by Gasteiger charge is 2.19. The van der Waals surface area contributed by atoms with Gasteiger partial charge in [-0.05, 0) is 13.0 Å². The summed E-state index contributed by atoms with van der Waals surface area (Å²) in [5, 5.41) is 18.6. The molecule has 1 aromatic carbocycles. The summed E-state index contributed by atoms with van der Waals surface area (Å²) in [7, 11) is 0. The molecule has 2 heterocycles. The van der Waals surface area contributed by atoms with E-state index in [1.54, 1.807) is 6.07 Å². The minimum Gasteiger partial charge on any atom is -0.410 e. The molecule has 25 heavy (non-hydrogen) atoms. The largest absolute Gasteiger partial charge is 0.410 e. The molecule has 0 aliphatic rings. The molecule has 126 valence electrons. The van der Waals surface area contributed by atoms with Gasteiger partial charge in [0.15, 0.2) is 5.78 Å². The Morgan fingerprint density at radius 1 is 1.44 bits per heavy atom. The number of Topliss-reactive ketones (excluding diaryl/α,β-unsaturated/α-hetero) is 1. The predicted octanol–water partition coefficient (Wildman–Crippen LogP) is 4.02. The SMILES string of the molecule is CC(N)=C(C#N)C(=O)CSc1nnc(-c2sc3ccccc3c2Cl)o1. The first kappa shape index (κ1) is 17.5. The molecular weight excluding hydrogens is 380 g/mol. The van der Waals surface area contributed by atoms with Crippen LogP contribution < -0.4 is 5.73 Å². The van der Waals surface area contributed by atoms with Gasteiger partial charge in [0.2, 0.25) is 0 Å². The molecule has 6 nitrogen and oxygen atoms in total. The molecule has 0 aliphatic carbocycles. The van der Waals surface area contributed by atoms with Crippen molar-refractivity contribution in [3.63, 3.8) is 0 Å². The highest BCUT2D eigenvalue weighted by Crippen LogP contribution is 2.41. The number of hydrogen-bond acceptors (Lipinski definition) is 8. The van der Waals surface area contributed by atoms with E-state index in [2.05, 4.69) is 10.2 Å². The first-order chi connectivity index (χ1) is 12.0. The smallest absolute Gasteiger partial charge is 0.277 e. The van der Waals surface area contributed by atoms with Crippen LogP contribution in [0.15, 0.2) is 45.2 Å². The van der Waals surface area contributed by atoms with Gasteiger partial charge in [-0.3, -0.25) is 4.79 Å². The minimum atomic E-state index is -0.382. The van der Waals surface area contributed by atoms with Crippen LogP contribution in [0.25, 0.3) is 20.9 Å². The summed E-state index contributed by atoms with van der Waals surface area (Å²) in [6.45, 7) is 1.51. The lowest BCUT2D eigenvalue weighted by molar-refractivity contribution is -0.112. The number of carbonyl (C=O) groups excluding carboxylic acids is 1. The Morgan fingerprint density at radius 2 is 2.20 bits per heavy atom. The summed E-state index contributed by atoms with van der Waals surface area (Å²) in [4.78, 5) is 12.6. The van der Waals surface area contributed by atoms with E-state index in [-0.39, 0.29) is 28.0 Å². The van der Waals surface area contributed by atoms with E-state index in [1.807, 2.05) is 24.3 Å². The third-order valence-corrected chi connectivity index (χ3v) is 5.73. The van der Waals surface area contributed by atoms with Crippen LogP contribution in [0.1, 0.15) is 6.92 Å². The molecule has 0 radical (unpaired) electrons. The molecule has 0 saturated heterocycles. The van der Waals surface area contributed by atoms with Gasteiger partial charge in [0.1, 0.15) is 16.5 Å². The molecule has 2 N–H and O–H groups in total. The number of halogens is 1. The first-order valence-corrected chi connectivity index (χ1v) is 9.22. The second-order valence-corrected chi connectivity index (χ2v) is 7.35. The maximum Gasteiger partial charge on any atom is 0.277 e. The van der Waals surface area contributed by atoms with Crippen LogP contribution in [0.4, 0.5) is 0 Å². The minimum absolute atomic E-state index is 0.0147. The van der Waals surface area contributed by atoms with Crippen molar-refractivity contribution in [2.75, 3.05) is 5.75 Å². The van der Waals surface area contributed by atoms with Crippen LogP contribution in [-0.2, 0) is 4.79 Å². The Kier molecular flexibility index (Phi) is 5.08. The number of benzene rings is 1. The molecule has 0 saturated carbocycles. The molecule has 0 atom stereocenters. The van der Waals surface area contributed by atoms with Gasteiger partial charge in [-0.2, -0.15) is 5.26 Å². The van der Waals surface area contributed by atoms with Gasteiger partial charge in [0, 0.05) is 15.8 Å². The fourth-order valence-electron chi connectivity index (χ4n) is 2.08. The van der Waals surface area contributed by atoms with E-state index >= 15 is 0 Å². The number of nitriles is 1. The number of nitrogens with two attached hydrogens (primary N) is 1. The van der Waals surface area contributed by atoms with E-state index in [1.165, 1.54) is 18.3 Å². The van der Waals surface area contributed by atoms with Crippen molar-refractivity contribution in [2.24, 2.45) is 5.73 Å². The standard InChI is InChI=1S/C16H11ClN4O2S2/c1-8(19)10(6-18)11(22)7-24-16-21-20-15(23-16)14-13(17)9-4-2-3-5-12(9)25-14/h2-5H,7,19H2,1H3. The zero-order valence-electron chi connectivity index (χ0n) is 12.9. The van der Waals surface area contributed by atoms with Crippen molar-refractivity contribution < 1.29 is 9.21 Å². The van der Waals surface area contributed by atoms with E-state index in [0.717, 1.165) is 21.8 Å². The van der Waals surface area contributed by atoms with Crippen LogP contribution in [0.2, 0.25) is 5.02 Å². The van der Waals surface area contributed by atoms with Crippen molar-refractivity contribution >= 4 is 50.6 Å². The van der Waals surface area contributed by atoms with Crippen molar-refractivity contribution in [3.8, 4) is 16.8 Å². The topological polar surface area (TPSA) is 106 Å². The lowest BCUT2D eigenvalue weighted by atomic mass is 10.2. The normalized spacial score (nSPS) is 12.0. The van der Waals surface area contributed by atoms with E-state index < -0.39 is 0 Å². The zero-order valence-corrected chi connectivity index (χ0v) is 15.3. The van der Waals surface area contributed by atoms with Gasteiger partial charge >= 0.3 is 0 Å². The van der Waals surface area contributed by atoms with Crippen LogP contribution in [0.5, 0.6) is 0 Å². The third-order valence-electron chi connectivity index (χ3n) is 3.25. The average Bonchev–Trinajstić information content (AvgIpc) is 3.18. The summed E-state index contributed by atoms with van der Waals surface area (Å²) in [6.07, 6.45) is 0. The summed E-state index contributed by atoms with van der Waals surface area (Å²) in [5.41, 5.74) is 5.65. The van der Waals surface area contributed by atoms with Gasteiger partial charge in [-0.15, -0.1) is 21.5 Å². The highest BCUT2D eigenvalue weighted by atomic mass is 35.5. The molecule has 9 heteroatoms. The van der Waals surface area contributed by atoms with Crippen molar-refractivity contribution in [2.45, 2.75) is 12.1 Å². The molecule has 2 aromatic heterocycles. The molecule has 0 spiro atoms. The number of nitrogens with zero attached hydrogens (tertiary/aromatic N) is 3. The number of aromatic nitrogens is 2. The number of carbonyl (C=O) groups is 1. The quantitative estimate of drug-likeness (QED) is 0.398. The fourth-order valence-corrected chi connectivity index (χ4v) is 4.15. The number of ketones is 1. The Hall–Kier alpha value is -2.34. The second-order valence-electron chi connectivity index (χ2n) is 5.00. The molecule has 3 rings (SSSR count). The summed E-state index contributed by atoms with van der Waals surface area (Å²) >= 11 is 8.89. The van der Waals surface area contributed by atoms with Crippen molar-refractivity contribution in [3.05, 3.63) is 40.6 Å². The number of allylic oxidation sites excluding steroid dienone is 2. The van der Waals surface area contributed by atoms with Gasteiger partial charge in [0.05, 0.1) is 10.8 Å². The number of hydrogen-bond donors (Lipinski definition) is 1. The maximum absolute atomic E-state index is 11.9. The average molecular weight is 391 g/mol. The molecule has 3 aromatic rings. The Morgan fingerprint density at radius 3 is 2.88 bits per heavy atom. The Bertz CT molecular complexity index is 1030. The van der Waals surface area contributed by atoms with Gasteiger partial charge in [0.25, 0.3) is 11.1 Å². The summed E-state index contributed by atoms with van der Waals surface area (Å²) in [5.74, 6) is -0.0986. The number of rotatable bonds is 5. The number of thioether (sulfide) groups is 1. The van der Waals surface area contributed by atoms with Crippen LogP contribution in [0, 0.1) is 11.3 Å². The lowest BCUT2D eigenvalue weighted by Crippen LogP contribution is -2.10. The fraction of sp³-hybridized carbons (Fsp3) is 0.125. The van der Waals surface area contributed by atoms with Gasteiger partial charge < -0.3 is 10.2 Å². The predicted molar refractivity (Wildman–Crippen MR) is 98.4 cm³/mol. The molecule has 0 aliphatic heterocycles. The van der Waals surface area contributed by atoms with Crippen LogP contribution in [-0.4, -0.2) is 21.7 Å². The molecule has 0 amide bonds. The molecule has 0 unspecified atom stereocenters. The number of fused-ring (bicyclic) bond motifs is 1. The first-order valence-electron chi connectivity index (χ1n) is 7.04. The van der Waals surface area contributed by atoms with E-state index in [4.69, 9.17) is 27.0 Å². The summed E-state index contributed by atoms with van der Waals surface area (Å²) < 4.78 is 6.61. The third kappa shape index (κ3) is 3.54. The number of thiophene rings is 1. The molecular formula is C16H11ClN4O2S2. The van der Waals surface area contributed by atoms with Gasteiger partial charge in [-0.1, -0.05) is 41.6 Å². The maximum atomic E-state index is 11.9. The van der Waals surface area contributed by atoms with Crippen molar-refractivity contribution in [1.82, 2.24) is 10.2 Å². The van der Waals surface area contributed by atoms with E-state index in [9.17, 15) is 4.79 Å². The van der Waals surface area contributed by atoms with E-state index in [0.29, 0.717) is 15.8 Å².